The first-order valence-electron chi connectivity index (χ1n) is 12.8. The first-order valence-corrected chi connectivity index (χ1v) is 12.8. The number of carbonyl (C=O) groups is 1. The van der Waals surface area contributed by atoms with Crippen LogP contribution in [0.4, 0.5) is 14.5 Å². The molecule has 5 aromatic rings. The monoisotopic (exact) mass is 571 g/mol. The molecular formula is C31H23F2N3O6. The molecule has 3 heterocycles. The summed E-state index contributed by atoms with van der Waals surface area (Å²) >= 11 is 0. The third-order valence-corrected chi connectivity index (χ3v) is 6.78. The second kappa shape index (κ2) is 10.8. The Morgan fingerprint density at radius 1 is 0.976 bits per heavy atom. The molecule has 1 amide bonds. The zero-order chi connectivity index (χ0) is 29.4. The van der Waals surface area contributed by atoms with Crippen molar-refractivity contribution in [2.24, 2.45) is 0 Å². The van der Waals surface area contributed by atoms with E-state index in [0.29, 0.717) is 40.1 Å². The summed E-state index contributed by atoms with van der Waals surface area (Å²) in [5.74, 6) is -0.768. The van der Waals surface area contributed by atoms with E-state index in [0.717, 1.165) is 6.07 Å². The van der Waals surface area contributed by atoms with Gasteiger partial charge in [0, 0.05) is 47.6 Å². The highest BCUT2D eigenvalue weighted by atomic mass is 19.1. The Kier molecular flexibility index (Phi) is 6.91. The summed E-state index contributed by atoms with van der Waals surface area (Å²) in [6, 6.07) is 14.3. The molecule has 0 saturated carbocycles. The minimum Gasteiger partial charge on any atom is -0.493 e. The van der Waals surface area contributed by atoms with Crippen molar-refractivity contribution in [3.8, 4) is 34.4 Å². The molecule has 0 fully saturated rings. The fourth-order valence-corrected chi connectivity index (χ4v) is 4.79. The molecule has 11 heteroatoms. The van der Waals surface area contributed by atoms with Gasteiger partial charge in [0.25, 0.3) is 11.5 Å². The maximum absolute atomic E-state index is 15.2. The predicted octanol–water partition coefficient (Wildman–Crippen LogP) is 5.66. The van der Waals surface area contributed by atoms with Crippen LogP contribution in [-0.2, 0) is 6.42 Å². The number of methoxy groups -OCH3 is 2. The van der Waals surface area contributed by atoms with Gasteiger partial charge in [-0.2, -0.15) is 0 Å². The maximum atomic E-state index is 15.2. The average Bonchev–Trinajstić information content (AvgIpc) is 3.45. The molecule has 2 aromatic heterocycles. The van der Waals surface area contributed by atoms with Gasteiger partial charge in [0.1, 0.15) is 22.9 Å². The normalized spacial score (nSPS) is 12.0. The van der Waals surface area contributed by atoms with Crippen LogP contribution in [0.25, 0.3) is 16.6 Å². The van der Waals surface area contributed by atoms with E-state index in [1.54, 1.807) is 24.3 Å². The number of fused-ring (bicyclic) bond motifs is 2. The lowest BCUT2D eigenvalue weighted by molar-refractivity contribution is 0.102. The van der Waals surface area contributed by atoms with Gasteiger partial charge in [-0.05, 0) is 42.5 Å². The Labute approximate surface area is 237 Å². The highest BCUT2D eigenvalue weighted by molar-refractivity contribution is 6.06. The van der Waals surface area contributed by atoms with Crippen LogP contribution in [0.1, 0.15) is 15.9 Å². The lowest BCUT2D eigenvalue weighted by atomic mass is 10.1. The number of hydrogen-bond donors (Lipinski definition) is 1. The number of benzene rings is 3. The van der Waals surface area contributed by atoms with Crippen molar-refractivity contribution in [1.29, 1.82) is 0 Å². The smallest absolute Gasteiger partial charge is 0.271 e. The third kappa shape index (κ3) is 4.85. The molecule has 6 rings (SSSR count). The van der Waals surface area contributed by atoms with Crippen LogP contribution in [0.2, 0.25) is 0 Å². The Bertz CT molecular complexity index is 1920. The number of ether oxygens (including phenoxy) is 4. The maximum Gasteiger partial charge on any atom is 0.271 e. The van der Waals surface area contributed by atoms with E-state index in [1.165, 1.54) is 61.5 Å². The number of rotatable bonds is 7. The van der Waals surface area contributed by atoms with Gasteiger partial charge in [-0.1, -0.05) is 6.07 Å². The average molecular weight is 572 g/mol. The van der Waals surface area contributed by atoms with E-state index < -0.39 is 23.1 Å². The van der Waals surface area contributed by atoms with Gasteiger partial charge in [-0.25, -0.2) is 8.78 Å². The van der Waals surface area contributed by atoms with E-state index in [-0.39, 0.29) is 35.0 Å². The lowest BCUT2D eigenvalue weighted by Crippen LogP contribution is -2.29. The van der Waals surface area contributed by atoms with Gasteiger partial charge < -0.3 is 24.3 Å². The molecule has 3 aromatic carbocycles. The van der Waals surface area contributed by atoms with Crippen LogP contribution >= 0.6 is 0 Å². The number of anilines is 1. The van der Waals surface area contributed by atoms with Gasteiger partial charge in [0.05, 0.1) is 32.0 Å². The fourth-order valence-electron chi connectivity index (χ4n) is 4.79. The van der Waals surface area contributed by atoms with Crippen LogP contribution in [-0.4, -0.2) is 36.3 Å². The number of aromatic nitrogens is 2. The topological polar surface area (TPSA) is 101 Å². The lowest BCUT2D eigenvalue weighted by Gasteiger charge is -2.14. The number of hydrogen-bond acceptors (Lipinski definition) is 7. The number of pyridine rings is 2. The van der Waals surface area contributed by atoms with Crippen LogP contribution in [0.3, 0.4) is 0 Å². The van der Waals surface area contributed by atoms with E-state index in [2.05, 4.69) is 10.3 Å². The molecule has 42 heavy (non-hydrogen) atoms. The number of carbonyl (C=O) groups excluding carboxylic acids is 1. The summed E-state index contributed by atoms with van der Waals surface area (Å²) in [6.07, 6.45) is 3.53. The highest BCUT2D eigenvalue weighted by Crippen LogP contribution is 2.38. The zero-order valence-corrected chi connectivity index (χ0v) is 22.4. The van der Waals surface area contributed by atoms with Crippen molar-refractivity contribution in [3.63, 3.8) is 0 Å². The van der Waals surface area contributed by atoms with Crippen LogP contribution in [0.5, 0.6) is 28.7 Å². The summed E-state index contributed by atoms with van der Waals surface area (Å²) in [4.78, 5) is 31.0. The summed E-state index contributed by atoms with van der Waals surface area (Å²) in [7, 11) is 3.01. The minimum absolute atomic E-state index is 0.0862. The third-order valence-electron chi connectivity index (χ3n) is 6.78. The van der Waals surface area contributed by atoms with Crippen molar-refractivity contribution in [3.05, 3.63) is 106 Å². The van der Waals surface area contributed by atoms with Crippen LogP contribution in [0, 0.1) is 11.6 Å². The summed E-state index contributed by atoms with van der Waals surface area (Å²) in [6.45, 7) is 0.283. The molecule has 0 atom stereocenters. The number of halogens is 2. The van der Waals surface area contributed by atoms with Crippen molar-refractivity contribution >= 4 is 22.5 Å². The van der Waals surface area contributed by atoms with Crippen molar-refractivity contribution in [2.75, 3.05) is 26.1 Å². The zero-order valence-electron chi connectivity index (χ0n) is 22.4. The van der Waals surface area contributed by atoms with Gasteiger partial charge in [-0.3, -0.25) is 19.1 Å². The Hall–Kier alpha value is -5.45. The summed E-state index contributed by atoms with van der Waals surface area (Å²) in [5, 5.41) is 3.13. The Balaban J connectivity index is 1.29. The first-order chi connectivity index (χ1) is 20.4. The molecule has 0 bridgehead atoms. The van der Waals surface area contributed by atoms with Crippen molar-refractivity contribution in [1.82, 2.24) is 9.55 Å². The van der Waals surface area contributed by atoms with Gasteiger partial charge >= 0.3 is 0 Å². The van der Waals surface area contributed by atoms with Gasteiger partial charge in [-0.15, -0.1) is 0 Å². The second-order valence-corrected chi connectivity index (χ2v) is 9.35. The molecule has 0 radical (unpaired) electrons. The van der Waals surface area contributed by atoms with Crippen LogP contribution in [0.15, 0.2) is 77.9 Å². The predicted molar refractivity (Wildman–Crippen MR) is 150 cm³/mol. The van der Waals surface area contributed by atoms with Gasteiger partial charge in [0.15, 0.2) is 23.1 Å². The van der Waals surface area contributed by atoms with Crippen molar-refractivity contribution < 1.29 is 32.5 Å². The molecule has 1 N–H and O–H groups in total. The molecule has 1 aliphatic rings. The van der Waals surface area contributed by atoms with E-state index >= 15 is 4.39 Å². The quantitative estimate of drug-likeness (QED) is 0.269. The first kappa shape index (κ1) is 26.8. The van der Waals surface area contributed by atoms with E-state index in [1.807, 2.05) is 0 Å². The van der Waals surface area contributed by atoms with E-state index in [9.17, 15) is 14.0 Å². The molecule has 0 saturated heterocycles. The minimum atomic E-state index is -0.793. The SMILES string of the molecule is COc1cc2nccc(Oc3ccc(NC(=O)c4c5c(cn(-c6cccc(F)c6)c4=O)CCO5)cc3F)c2cc1OC. The largest absolute Gasteiger partial charge is 0.493 e. The molecule has 0 unspecified atom stereocenters. The number of nitrogens with zero attached hydrogens (tertiary/aromatic N) is 2. The number of nitrogens with one attached hydrogen (secondary N) is 1. The highest BCUT2D eigenvalue weighted by Gasteiger charge is 2.27. The molecule has 0 spiro atoms. The van der Waals surface area contributed by atoms with Crippen molar-refractivity contribution in [2.45, 2.75) is 6.42 Å². The Morgan fingerprint density at radius 2 is 1.79 bits per heavy atom. The van der Waals surface area contributed by atoms with Crippen LogP contribution < -0.4 is 29.8 Å². The fraction of sp³-hybridized carbons (Fsp3) is 0.129. The Morgan fingerprint density at radius 3 is 2.55 bits per heavy atom. The summed E-state index contributed by atoms with van der Waals surface area (Å²) in [5.41, 5.74) is 0.561. The number of amides is 1. The van der Waals surface area contributed by atoms with Gasteiger partial charge in [0.2, 0.25) is 0 Å². The molecular weight excluding hydrogens is 548 g/mol. The second-order valence-electron chi connectivity index (χ2n) is 9.35. The van der Waals surface area contributed by atoms with E-state index in [4.69, 9.17) is 18.9 Å². The summed E-state index contributed by atoms with van der Waals surface area (Å²) < 4.78 is 52.4. The molecule has 212 valence electrons. The molecule has 9 nitrogen and oxygen atoms in total. The standard InChI is InChI=1S/C31H23F2N3O6/c1-39-26-14-21-23(15-27(26)40-2)34-10-8-24(21)42-25-7-6-19(13-22(25)33)35-30(37)28-29-17(9-11-41-29)16-36(31(28)38)20-5-3-4-18(32)12-20/h3-8,10,12-16H,9,11H2,1-2H3,(H,35,37). The molecule has 1 aliphatic heterocycles. The molecule has 0 aliphatic carbocycles.